The van der Waals surface area contributed by atoms with Crippen LogP contribution in [0.25, 0.3) is 11.0 Å². The van der Waals surface area contributed by atoms with Crippen molar-refractivity contribution >= 4 is 26.9 Å². The summed E-state index contributed by atoms with van der Waals surface area (Å²) >= 11 is 0. The molecule has 4 rings (SSSR count). The van der Waals surface area contributed by atoms with Gasteiger partial charge in [-0.2, -0.15) is 4.31 Å². The molecule has 1 unspecified atom stereocenters. The average Bonchev–Trinajstić information content (AvgIpc) is 3.09. The Bertz CT molecular complexity index is 1200. The number of rotatable bonds is 5. The van der Waals surface area contributed by atoms with Crippen molar-refractivity contribution in [2.45, 2.75) is 38.1 Å². The van der Waals surface area contributed by atoms with Crippen molar-refractivity contribution in [3.8, 4) is 0 Å². The molecule has 3 aromatic rings. The number of hydrogen-bond donors (Lipinski definition) is 0. The second kappa shape index (κ2) is 8.48. The predicted octanol–water partition coefficient (Wildman–Crippen LogP) is 4.43. The highest BCUT2D eigenvalue weighted by molar-refractivity contribution is 7.89. The van der Waals surface area contributed by atoms with Crippen LogP contribution in [0.15, 0.2) is 57.8 Å². The maximum Gasteiger partial charge on any atom is 0.289 e. The number of aryl methyl sites for hydroxylation is 1. The quantitative estimate of drug-likeness (QED) is 0.588. The summed E-state index contributed by atoms with van der Waals surface area (Å²) < 4.78 is 33.7. The van der Waals surface area contributed by atoms with Gasteiger partial charge in [-0.1, -0.05) is 37.3 Å². The Balaban J connectivity index is 1.63. The highest BCUT2D eigenvalue weighted by Gasteiger charge is 2.30. The summed E-state index contributed by atoms with van der Waals surface area (Å²) in [4.78, 5) is 14.9. The van der Waals surface area contributed by atoms with Gasteiger partial charge in [0, 0.05) is 37.6 Å². The topological polar surface area (TPSA) is 70.8 Å². The molecular weight excluding hydrogens is 412 g/mol. The van der Waals surface area contributed by atoms with Crippen molar-refractivity contribution in [2.75, 3.05) is 20.1 Å². The maximum absolute atomic E-state index is 13.2. The van der Waals surface area contributed by atoms with E-state index in [0.29, 0.717) is 42.1 Å². The lowest BCUT2D eigenvalue weighted by Crippen LogP contribution is -2.39. The fourth-order valence-corrected chi connectivity index (χ4v) is 5.81. The molecule has 2 heterocycles. The largest absolute Gasteiger partial charge is 0.451 e. The molecule has 0 aliphatic carbocycles. The van der Waals surface area contributed by atoms with Crippen LogP contribution in [-0.4, -0.2) is 43.7 Å². The molecule has 1 saturated heterocycles. The lowest BCUT2D eigenvalue weighted by atomic mass is 10.0. The second-order valence-corrected chi connectivity index (χ2v) is 10.4. The Labute approximate surface area is 183 Å². The van der Waals surface area contributed by atoms with Crippen LogP contribution in [0.4, 0.5) is 0 Å². The molecule has 0 bridgehead atoms. The standard InChI is InChI=1S/C24H28N2O4S/c1-17-8-7-13-26(15-17)31(28,29)20-11-12-22-21(14-20)18(2)23(30-22)24(27)25(3)16-19-9-5-4-6-10-19/h4-6,9-12,14,17H,7-8,13,15-16H2,1-3H3. The van der Waals surface area contributed by atoms with E-state index < -0.39 is 10.0 Å². The molecule has 1 aliphatic rings. The molecule has 1 fully saturated rings. The molecule has 6 nitrogen and oxygen atoms in total. The Hall–Kier alpha value is -2.64. The molecule has 1 aliphatic heterocycles. The van der Waals surface area contributed by atoms with E-state index in [-0.39, 0.29) is 16.6 Å². The highest BCUT2D eigenvalue weighted by atomic mass is 32.2. The summed E-state index contributed by atoms with van der Waals surface area (Å²) in [6.07, 6.45) is 1.92. The minimum absolute atomic E-state index is 0.230. The fraction of sp³-hybridized carbons (Fsp3) is 0.375. The number of hydrogen-bond acceptors (Lipinski definition) is 4. The van der Waals surface area contributed by atoms with Gasteiger partial charge >= 0.3 is 0 Å². The van der Waals surface area contributed by atoms with Gasteiger partial charge in [0.15, 0.2) is 5.76 Å². The van der Waals surface area contributed by atoms with E-state index in [0.717, 1.165) is 18.4 Å². The van der Waals surface area contributed by atoms with Gasteiger partial charge in [-0.15, -0.1) is 0 Å². The zero-order valence-electron chi connectivity index (χ0n) is 18.2. The monoisotopic (exact) mass is 440 g/mol. The third-order valence-electron chi connectivity index (χ3n) is 5.97. The first-order valence-electron chi connectivity index (χ1n) is 10.6. The molecule has 0 N–H and O–H groups in total. The van der Waals surface area contributed by atoms with Crippen molar-refractivity contribution in [1.29, 1.82) is 0 Å². The number of benzene rings is 2. The summed E-state index contributed by atoms with van der Waals surface area (Å²) in [5.41, 5.74) is 2.19. The van der Waals surface area contributed by atoms with Gasteiger partial charge < -0.3 is 9.32 Å². The van der Waals surface area contributed by atoms with E-state index in [1.54, 1.807) is 41.4 Å². The summed E-state index contributed by atoms with van der Waals surface area (Å²) in [7, 11) is -1.84. The first-order chi connectivity index (χ1) is 14.8. The van der Waals surface area contributed by atoms with Crippen LogP contribution in [-0.2, 0) is 16.6 Å². The van der Waals surface area contributed by atoms with E-state index in [9.17, 15) is 13.2 Å². The normalized spacial score (nSPS) is 17.7. The van der Waals surface area contributed by atoms with E-state index in [2.05, 4.69) is 6.92 Å². The van der Waals surface area contributed by atoms with Crippen LogP contribution in [0.2, 0.25) is 0 Å². The van der Waals surface area contributed by atoms with Gasteiger partial charge in [0.05, 0.1) is 4.90 Å². The number of piperidine rings is 1. The summed E-state index contributed by atoms with van der Waals surface area (Å²) in [6.45, 7) is 5.43. The minimum atomic E-state index is -3.57. The molecule has 1 amide bonds. The Kier molecular flexibility index (Phi) is 5.90. The molecule has 164 valence electrons. The van der Waals surface area contributed by atoms with E-state index in [4.69, 9.17) is 4.42 Å². The van der Waals surface area contributed by atoms with Crippen LogP contribution < -0.4 is 0 Å². The predicted molar refractivity (Wildman–Crippen MR) is 120 cm³/mol. The number of carbonyl (C=O) groups excluding carboxylic acids is 1. The number of fused-ring (bicyclic) bond motifs is 1. The molecule has 1 atom stereocenters. The van der Waals surface area contributed by atoms with Gasteiger partial charge in [0.2, 0.25) is 10.0 Å². The van der Waals surface area contributed by atoms with Crippen molar-refractivity contribution in [2.24, 2.45) is 5.92 Å². The number of amides is 1. The minimum Gasteiger partial charge on any atom is -0.451 e. The van der Waals surface area contributed by atoms with Crippen molar-refractivity contribution < 1.29 is 17.6 Å². The number of nitrogens with zero attached hydrogens (tertiary/aromatic N) is 2. The zero-order valence-corrected chi connectivity index (χ0v) is 19.0. The first-order valence-corrected chi connectivity index (χ1v) is 12.0. The molecule has 7 heteroatoms. The number of carbonyl (C=O) groups is 1. The molecule has 2 aromatic carbocycles. The molecule has 1 aromatic heterocycles. The second-order valence-electron chi connectivity index (χ2n) is 8.47. The van der Waals surface area contributed by atoms with E-state index in [1.165, 1.54) is 0 Å². The Morgan fingerprint density at radius 1 is 1.19 bits per heavy atom. The van der Waals surface area contributed by atoms with Crippen LogP contribution in [0, 0.1) is 12.8 Å². The van der Waals surface area contributed by atoms with Crippen LogP contribution in [0.1, 0.15) is 41.4 Å². The third-order valence-corrected chi connectivity index (χ3v) is 7.83. The van der Waals surface area contributed by atoms with Gasteiger partial charge in [-0.3, -0.25) is 4.79 Å². The number of furan rings is 1. The summed E-state index contributed by atoms with van der Waals surface area (Å²) in [6, 6.07) is 14.6. The molecular formula is C24H28N2O4S. The van der Waals surface area contributed by atoms with Crippen molar-refractivity contribution in [1.82, 2.24) is 9.21 Å². The van der Waals surface area contributed by atoms with E-state index in [1.807, 2.05) is 30.3 Å². The van der Waals surface area contributed by atoms with Crippen molar-refractivity contribution in [3.05, 3.63) is 65.4 Å². The van der Waals surface area contributed by atoms with Gasteiger partial charge in [0.25, 0.3) is 5.91 Å². The summed E-state index contributed by atoms with van der Waals surface area (Å²) in [5.74, 6) is 0.369. The highest BCUT2D eigenvalue weighted by Crippen LogP contribution is 2.31. The molecule has 31 heavy (non-hydrogen) atoms. The van der Waals surface area contributed by atoms with Gasteiger partial charge in [-0.25, -0.2) is 8.42 Å². The SMILES string of the molecule is Cc1c(C(=O)N(C)Cc2ccccc2)oc2ccc(S(=O)(=O)N3CCCC(C)C3)cc12. The summed E-state index contributed by atoms with van der Waals surface area (Å²) in [5, 5.41) is 0.655. The molecule has 0 radical (unpaired) electrons. The third kappa shape index (κ3) is 4.25. The lowest BCUT2D eigenvalue weighted by molar-refractivity contribution is 0.0755. The van der Waals surface area contributed by atoms with Gasteiger partial charge in [0.1, 0.15) is 5.58 Å². The van der Waals surface area contributed by atoms with Crippen molar-refractivity contribution in [3.63, 3.8) is 0 Å². The lowest BCUT2D eigenvalue weighted by Gasteiger charge is -2.30. The zero-order chi connectivity index (χ0) is 22.2. The Morgan fingerprint density at radius 3 is 2.65 bits per heavy atom. The first kappa shape index (κ1) is 21.6. The van der Waals surface area contributed by atoms with Crippen LogP contribution in [0.3, 0.4) is 0 Å². The molecule has 0 spiro atoms. The van der Waals surface area contributed by atoms with E-state index >= 15 is 0 Å². The average molecular weight is 441 g/mol. The molecule has 0 saturated carbocycles. The smallest absolute Gasteiger partial charge is 0.289 e. The fourth-order valence-electron chi connectivity index (χ4n) is 4.18. The maximum atomic E-state index is 13.2. The van der Waals surface area contributed by atoms with Gasteiger partial charge in [-0.05, 0) is 49.4 Å². The van der Waals surface area contributed by atoms with Crippen LogP contribution >= 0.6 is 0 Å². The Morgan fingerprint density at radius 2 is 1.94 bits per heavy atom. The number of sulfonamides is 1. The van der Waals surface area contributed by atoms with Crippen LogP contribution in [0.5, 0.6) is 0 Å².